The minimum absolute atomic E-state index is 0.124. The molecule has 0 aliphatic rings. The van der Waals surface area contributed by atoms with E-state index in [1.807, 2.05) is 12.1 Å². The highest BCUT2D eigenvalue weighted by Crippen LogP contribution is 2.42. The maximum Gasteiger partial charge on any atom is 0.292 e. The lowest BCUT2D eigenvalue weighted by atomic mass is 9.80. The molecule has 2 aromatic heterocycles. The summed E-state index contributed by atoms with van der Waals surface area (Å²) in [6, 6.07) is 27.4. The fourth-order valence-electron chi connectivity index (χ4n) is 10.1. The molecular weight excluding hydrogens is 1130 g/mol. The topological polar surface area (TPSA) is 238 Å². The Kier molecular flexibility index (Phi) is 25.5. The Bertz CT molecular complexity index is 3210. The van der Waals surface area contributed by atoms with E-state index < -0.39 is 22.9 Å². The van der Waals surface area contributed by atoms with Crippen molar-refractivity contribution in [2.45, 2.75) is 176 Å². The Balaban J connectivity index is 1.45. The van der Waals surface area contributed by atoms with Crippen molar-refractivity contribution in [1.29, 1.82) is 0 Å². The summed E-state index contributed by atoms with van der Waals surface area (Å²) in [5.41, 5.74) is 11.4. The van der Waals surface area contributed by atoms with Gasteiger partial charge in [0.1, 0.15) is 36.2 Å². The molecule has 2 amide bonds. The predicted molar refractivity (Wildman–Crippen MR) is 345 cm³/mol. The summed E-state index contributed by atoms with van der Waals surface area (Å²) in [4.78, 5) is 49.2. The molecule has 18 nitrogen and oxygen atoms in total. The molecule has 6 rings (SSSR count). The zero-order valence-electron chi connectivity index (χ0n) is 54.4. The summed E-state index contributed by atoms with van der Waals surface area (Å²) in [5, 5.41) is 38.4. The van der Waals surface area contributed by atoms with Crippen molar-refractivity contribution in [3.8, 4) is 34.5 Å². The number of nitrogens with zero attached hydrogens (tertiary/aromatic N) is 2. The van der Waals surface area contributed by atoms with Gasteiger partial charge in [0.2, 0.25) is 11.8 Å². The molecular formula is C71H96N4O14. The largest absolute Gasteiger partial charge is 0.503 e. The summed E-state index contributed by atoms with van der Waals surface area (Å²) in [5.74, 6) is 1.15. The summed E-state index contributed by atoms with van der Waals surface area (Å²) >= 11 is 0. The SMILES string of the molecule is CC(C)(C)c1ccc(OCCOCCn2cccc(O)c2=O)c(Cc2cc(C(C)(C)C)cc(Cc3cc(C(C)(C)C)cc(Cc4cc(C(C)(C)C)ccc4OCCOCCn4cccc(O)c4=O)c3OCCCCC(=O)NO)c2OCCCCC(=O)NO)c1. The lowest BCUT2D eigenvalue weighted by Gasteiger charge is -2.28. The molecule has 0 unspecified atom stereocenters. The highest BCUT2D eigenvalue weighted by atomic mass is 16.5. The fourth-order valence-corrected chi connectivity index (χ4v) is 10.1. The van der Waals surface area contributed by atoms with Crippen LogP contribution in [0.25, 0.3) is 0 Å². The number of hydroxylamine groups is 2. The number of hydrogen-bond acceptors (Lipinski definition) is 14. The van der Waals surface area contributed by atoms with Crippen LogP contribution in [0.4, 0.5) is 0 Å². The fraction of sp³-hybridized carbons (Fsp3) is 0.493. The highest BCUT2D eigenvalue weighted by Gasteiger charge is 2.27. The lowest BCUT2D eigenvalue weighted by molar-refractivity contribution is -0.130. The quantitative estimate of drug-likeness (QED) is 0.0131. The number of ether oxygens (including phenoxy) is 6. The van der Waals surface area contributed by atoms with Crippen LogP contribution >= 0.6 is 0 Å². The van der Waals surface area contributed by atoms with E-state index in [9.17, 15) is 39.8 Å². The van der Waals surface area contributed by atoms with Crippen molar-refractivity contribution >= 4 is 11.8 Å². The van der Waals surface area contributed by atoms with Crippen molar-refractivity contribution in [1.82, 2.24) is 20.1 Å². The van der Waals surface area contributed by atoms with Crippen LogP contribution < -0.4 is 41.0 Å². The number of pyridine rings is 2. The zero-order chi connectivity index (χ0) is 65.1. The van der Waals surface area contributed by atoms with Gasteiger partial charge in [-0.15, -0.1) is 0 Å². The Morgan fingerprint density at radius 3 is 1.09 bits per heavy atom. The van der Waals surface area contributed by atoms with Crippen molar-refractivity contribution in [2.75, 3.05) is 52.9 Å². The first-order valence-corrected chi connectivity index (χ1v) is 31.0. The smallest absolute Gasteiger partial charge is 0.292 e. The van der Waals surface area contributed by atoms with E-state index in [0.717, 1.165) is 55.6 Å². The van der Waals surface area contributed by atoms with Gasteiger partial charge in [-0.05, 0) is 139 Å². The Morgan fingerprint density at radius 1 is 0.416 bits per heavy atom. The number of aromatic hydroxyl groups is 2. The van der Waals surface area contributed by atoms with Crippen LogP contribution in [0.15, 0.2) is 107 Å². The van der Waals surface area contributed by atoms with Crippen molar-refractivity contribution in [2.24, 2.45) is 0 Å². The van der Waals surface area contributed by atoms with Crippen LogP contribution in [0, 0.1) is 0 Å². The number of unbranched alkanes of at least 4 members (excludes halogenated alkanes) is 2. The van der Waals surface area contributed by atoms with Gasteiger partial charge >= 0.3 is 0 Å². The second-order valence-electron chi connectivity index (χ2n) is 26.8. The first-order chi connectivity index (χ1) is 42.1. The number of amides is 2. The summed E-state index contributed by atoms with van der Waals surface area (Å²) in [6.07, 6.45) is 6.69. The van der Waals surface area contributed by atoms with Crippen LogP contribution in [0.2, 0.25) is 0 Å². The van der Waals surface area contributed by atoms with Gasteiger partial charge < -0.3 is 47.8 Å². The lowest BCUT2D eigenvalue weighted by Crippen LogP contribution is -2.21. The van der Waals surface area contributed by atoms with E-state index in [4.69, 9.17) is 28.4 Å². The Morgan fingerprint density at radius 2 is 0.753 bits per heavy atom. The minimum atomic E-state index is -0.484. The van der Waals surface area contributed by atoms with E-state index >= 15 is 0 Å². The molecule has 4 aromatic carbocycles. The Labute approximate surface area is 525 Å². The van der Waals surface area contributed by atoms with Crippen LogP contribution in [-0.2, 0) is 73.1 Å². The standard InChI is InChI=1S/C71H96N4O14/c1-68(2,3)54-23-25-60(86-37-35-84-33-29-74-27-17-19-58(76)66(74)80)48(42-54)39-50-44-56(70(7,8)9)46-52(64(50)88-31-15-13-21-62(78)72-82)41-53-47-57(71(10,11)12)45-51(65(53)89-32-16-14-22-63(79)73-83)40-49-43-55(69(4,5)6)24-26-61(49)87-38-36-85-34-30-75-28-18-20-59(77)67(75)81/h17-20,23-28,42-47,76-77,82-83H,13-16,21-22,29-41H2,1-12H3,(H,72,78)(H,73,79). The maximum absolute atomic E-state index is 12.4. The van der Waals surface area contributed by atoms with Gasteiger partial charge in [0.05, 0.1) is 39.6 Å². The average molecular weight is 1230 g/mol. The van der Waals surface area contributed by atoms with Crippen molar-refractivity contribution in [3.63, 3.8) is 0 Å². The van der Waals surface area contributed by atoms with Crippen LogP contribution in [-0.4, -0.2) is 94.4 Å². The van der Waals surface area contributed by atoms with Crippen molar-refractivity contribution in [3.05, 3.63) is 174 Å². The van der Waals surface area contributed by atoms with Gasteiger partial charge in [0.15, 0.2) is 11.5 Å². The number of aromatic nitrogens is 2. The number of benzene rings is 4. The van der Waals surface area contributed by atoms with Crippen LogP contribution in [0.3, 0.4) is 0 Å². The van der Waals surface area contributed by atoms with Gasteiger partial charge in [-0.25, -0.2) is 11.0 Å². The number of carbonyl (C=O) groups excluding carboxylic acids is 2. The molecule has 2 heterocycles. The molecule has 484 valence electrons. The molecule has 6 aromatic rings. The van der Waals surface area contributed by atoms with Gasteiger partial charge in [0, 0.05) is 57.6 Å². The summed E-state index contributed by atoms with van der Waals surface area (Å²) < 4.78 is 41.8. The van der Waals surface area contributed by atoms with E-state index in [-0.39, 0.29) is 112 Å². The molecule has 0 atom stereocenters. The molecule has 0 spiro atoms. The molecule has 6 N–H and O–H groups in total. The highest BCUT2D eigenvalue weighted by molar-refractivity contribution is 5.74. The summed E-state index contributed by atoms with van der Waals surface area (Å²) in [7, 11) is 0. The average Bonchev–Trinajstić information content (AvgIpc) is 1.08. The van der Waals surface area contributed by atoms with E-state index in [0.29, 0.717) is 67.9 Å². The second-order valence-corrected chi connectivity index (χ2v) is 26.8. The molecule has 0 bridgehead atoms. The first-order valence-electron chi connectivity index (χ1n) is 31.0. The predicted octanol–water partition coefficient (Wildman–Crippen LogP) is 11.7. The molecule has 89 heavy (non-hydrogen) atoms. The molecule has 18 heteroatoms. The van der Waals surface area contributed by atoms with Gasteiger partial charge in [0.25, 0.3) is 11.1 Å². The minimum Gasteiger partial charge on any atom is -0.503 e. The van der Waals surface area contributed by atoms with E-state index in [1.54, 1.807) is 35.5 Å². The normalized spacial score (nSPS) is 12.0. The maximum atomic E-state index is 12.4. The number of nitrogens with one attached hydrogen (secondary N) is 2. The van der Waals surface area contributed by atoms with Gasteiger partial charge in [-0.3, -0.25) is 29.6 Å². The zero-order valence-corrected chi connectivity index (χ0v) is 54.4. The number of carbonyl (C=O) groups is 2. The van der Waals surface area contributed by atoms with Crippen LogP contribution in [0.5, 0.6) is 34.5 Å². The van der Waals surface area contributed by atoms with Crippen LogP contribution in [0.1, 0.15) is 177 Å². The first kappa shape index (κ1) is 70.4. The molecule has 0 saturated heterocycles. The monoisotopic (exact) mass is 1230 g/mol. The number of hydrogen-bond donors (Lipinski definition) is 6. The summed E-state index contributed by atoms with van der Waals surface area (Å²) in [6.45, 7) is 28.7. The third kappa shape index (κ3) is 21.3. The van der Waals surface area contributed by atoms with Gasteiger partial charge in [-0.2, -0.15) is 0 Å². The molecule has 0 aliphatic carbocycles. The third-order valence-corrected chi connectivity index (χ3v) is 15.5. The number of rotatable bonds is 32. The van der Waals surface area contributed by atoms with Crippen molar-refractivity contribution < 1.29 is 58.6 Å². The Hall–Kier alpha value is -7.64. The van der Waals surface area contributed by atoms with E-state index in [2.05, 4.69) is 132 Å². The molecule has 0 fully saturated rings. The van der Waals surface area contributed by atoms with Gasteiger partial charge in [-0.1, -0.05) is 132 Å². The third-order valence-electron chi connectivity index (χ3n) is 15.5. The molecule has 0 radical (unpaired) electrons. The van der Waals surface area contributed by atoms with E-state index in [1.165, 1.54) is 21.3 Å². The molecule has 0 saturated carbocycles. The second kappa shape index (κ2) is 32.2. The molecule has 0 aliphatic heterocycles.